The number of piperazine rings is 1. The van der Waals surface area contributed by atoms with Crippen molar-refractivity contribution in [3.8, 4) is 0 Å². The first-order valence-corrected chi connectivity index (χ1v) is 10.8. The van der Waals surface area contributed by atoms with Crippen molar-refractivity contribution in [1.82, 2.24) is 16.0 Å². The number of aliphatic carboxylic acids is 1. The zero-order valence-electron chi connectivity index (χ0n) is 16.5. The molecule has 1 saturated heterocycles. The van der Waals surface area contributed by atoms with Gasteiger partial charge < -0.3 is 21.1 Å². The Kier molecular flexibility index (Phi) is 7.61. The van der Waals surface area contributed by atoms with Crippen molar-refractivity contribution in [2.75, 3.05) is 0 Å². The van der Waals surface area contributed by atoms with E-state index in [4.69, 9.17) is 0 Å². The summed E-state index contributed by atoms with van der Waals surface area (Å²) in [5.41, 5.74) is 1.67. The Morgan fingerprint density at radius 2 is 1.61 bits per heavy atom. The molecule has 2 aromatic rings. The van der Waals surface area contributed by atoms with Crippen molar-refractivity contribution in [2.45, 2.75) is 37.4 Å². The molecule has 3 rings (SSSR count). The fourth-order valence-corrected chi connectivity index (χ4v) is 3.96. The van der Waals surface area contributed by atoms with E-state index in [0.29, 0.717) is 6.42 Å². The summed E-state index contributed by atoms with van der Waals surface area (Å²) in [5.74, 6) is -2.65. The maximum Gasteiger partial charge on any atom is 0.326 e. The van der Waals surface area contributed by atoms with Crippen molar-refractivity contribution in [3.05, 3.63) is 69.3 Å². The van der Waals surface area contributed by atoms with Gasteiger partial charge in [0.1, 0.15) is 18.1 Å². The van der Waals surface area contributed by atoms with Gasteiger partial charge >= 0.3 is 5.97 Å². The zero-order chi connectivity index (χ0) is 22.4. The van der Waals surface area contributed by atoms with Crippen LogP contribution in [0.3, 0.4) is 0 Å². The Balaban J connectivity index is 1.56. The Hall–Kier alpha value is -2.95. The Morgan fingerprint density at radius 3 is 2.29 bits per heavy atom. The van der Waals surface area contributed by atoms with Gasteiger partial charge in [-0.25, -0.2) is 4.79 Å². The van der Waals surface area contributed by atoms with Crippen molar-refractivity contribution in [3.63, 3.8) is 0 Å². The minimum atomic E-state index is -1.17. The van der Waals surface area contributed by atoms with Gasteiger partial charge in [0, 0.05) is 16.4 Å². The molecule has 0 radical (unpaired) electrons. The fraction of sp³-hybridized carbons (Fsp3) is 0.273. The maximum absolute atomic E-state index is 12.4. The van der Waals surface area contributed by atoms with Crippen molar-refractivity contribution < 1.29 is 24.3 Å². The van der Waals surface area contributed by atoms with Gasteiger partial charge in [0.25, 0.3) is 0 Å². The lowest BCUT2D eigenvalue weighted by Crippen LogP contribution is -2.63. The molecular formula is C22H22IN3O5. The summed E-state index contributed by atoms with van der Waals surface area (Å²) in [7, 11) is 0. The van der Waals surface area contributed by atoms with Gasteiger partial charge in [-0.05, 0) is 45.9 Å². The summed E-state index contributed by atoms with van der Waals surface area (Å²) >= 11 is 2.12. The van der Waals surface area contributed by atoms with Crippen LogP contribution in [0.4, 0.5) is 0 Å². The summed E-state index contributed by atoms with van der Waals surface area (Å²) < 4.78 is 0.956. The van der Waals surface area contributed by atoms with Crippen LogP contribution in [0.15, 0.2) is 54.6 Å². The molecule has 31 heavy (non-hydrogen) atoms. The number of benzene rings is 2. The number of hydrogen-bond acceptors (Lipinski definition) is 4. The van der Waals surface area contributed by atoms with E-state index >= 15 is 0 Å². The number of carbonyl (C=O) groups excluding carboxylic acids is 3. The van der Waals surface area contributed by atoms with E-state index in [2.05, 4.69) is 38.5 Å². The summed E-state index contributed by atoms with van der Waals surface area (Å²) in [6.07, 6.45) is 0.111. The van der Waals surface area contributed by atoms with Crippen molar-refractivity contribution >= 4 is 46.3 Å². The maximum atomic E-state index is 12.4. The second-order valence-electron chi connectivity index (χ2n) is 7.31. The number of carboxylic acid groups (broad SMARTS) is 1. The molecule has 0 saturated carbocycles. The predicted octanol–water partition coefficient (Wildman–Crippen LogP) is 1.02. The summed E-state index contributed by atoms with van der Waals surface area (Å²) in [5, 5.41) is 17.1. The topological polar surface area (TPSA) is 125 Å². The quantitative estimate of drug-likeness (QED) is 0.376. The molecular weight excluding hydrogens is 513 g/mol. The Labute approximate surface area is 192 Å². The molecule has 1 aliphatic heterocycles. The van der Waals surface area contributed by atoms with Gasteiger partial charge in [0.2, 0.25) is 17.7 Å². The number of carbonyl (C=O) groups is 4. The van der Waals surface area contributed by atoms with Gasteiger partial charge in [-0.3, -0.25) is 14.4 Å². The Bertz CT molecular complexity index is 982. The van der Waals surface area contributed by atoms with E-state index in [1.165, 1.54) is 0 Å². The summed E-state index contributed by atoms with van der Waals surface area (Å²) in [4.78, 5) is 48.8. The highest BCUT2D eigenvalue weighted by molar-refractivity contribution is 14.1. The highest BCUT2D eigenvalue weighted by Gasteiger charge is 2.35. The summed E-state index contributed by atoms with van der Waals surface area (Å²) in [6.45, 7) is 0. The van der Waals surface area contributed by atoms with Gasteiger partial charge in [0.05, 0.1) is 6.42 Å². The first kappa shape index (κ1) is 22.7. The molecule has 0 unspecified atom stereocenters. The van der Waals surface area contributed by atoms with Gasteiger partial charge in [-0.2, -0.15) is 0 Å². The van der Waals surface area contributed by atoms with E-state index in [0.717, 1.165) is 14.7 Å². The first-order valence-electron chi connectivity index (χ1n) is 9.73. The molecule has 0 bridgehead atoms. The average molecular weight is 535 g/mol. The lowest BCUT2D eigenvalue weighted by atomic mass is 10.0. The van der Waals surface area contributed by atoms with Crippen LogP contribution in [-0.4, -0.2) is 46.9 Å². The van der Waals surface area contributed by atoms with Crippen LogP contribution >= 0.6 is 22.6 Å². The predicted molar refractivity (Wildman–Crippen MR) is 121 cm³/mol. The minimum Gasteiger partial charge on any atom is -0.480 e. The summed E-state index contributed by atoms with van der Waals surface area (Å²) in [6, 6.07) is 13.7. The second kappa shape index (κ2) is 10.4. The van der Waals surface area contributed by atoms with E-state index in [1.54, 1.807) is 6.07 Å². The van der Waals surface area contributed by atoms with E-state index < -0.39 is 35.9 Å². The third kappa shape index (κ3) is 6.51. The number of halogens is 1. The molecule has 4 N–H and O–H groups in total. The smallest absolute Gasteiger partial charge is 0.326 e. The molecule has 3 amide bonds. The lowest BCUT2D eigenvalue weighted by molar-refractivity contribution is -0.142. The first-order chi connectivity index (χ1) is 14.8. The van der Waals surface area contributed by atoms with Crippen LogP contribution in [0, 0.1) is 3.57 Å². The minimum absolute atomic E-state index is 0.111. The zero-order valence-corrected chi connectivity index (χ0v) is 18.7. The van der Waals surface area contributed by atoms with E-state index in [1.807, 2.05) is 48.5 Å². The van der Waals surface area contributed by atoms with Gasteiger partial charge in [-0.1, -0.05) is 42.5 Å². The molecule has 8 nitrogen and oxygen atoms in total. The molecule has 3 atom stereocenters. The van der Waals surface area contributed by atoms with Crippen molar-refractivity contribution in [2.24, 2.45) is 0 Å². The highest BCUT2D eigenvalue weighted by Crippen LogP contribution is 2.11. The van der Waals surface area contributed by atoms with Crippen LogP contribution in [0.1, 0.15) is 17.5 Å². The fourth-order valence-electron chi connectivity index (χ4n) is 3.35. The number of amides is 3. The highest BCUT2D eigenvalue weighted by atomic mass is 127. The van der Waals surface area contributed by atoms with Crippen LogP contribution in [0.25, 0.3) is 0 Å². The number of carboxylic acids is 1. The van der Waals surface area contributed by atoms with E-state index in [-0.39, 0.29) is 18.7 Å². The number of hydrogen-bond donors (Lipinski definition) is 4. The molecule has 1 heterocycles. The molecule has 9 heteroatoms. The van der Waals surface area contributed by atoms with E-state index in [9.17, 15) is 24.3 Å². The third-order valence-corrected chi connectivity index (χ3v) is 5.57. The number of nitrogens with one attached hydrogen (secondary N) is 3. The molecule has 0 aromatic heterocycles. The normalized spacial score (nSPS) is 19.1. The SMILES string of the molecule is O=C(C[C@@H]1NC(=O)[C@H](Cc2ccccc2)NC1=O)N[C@@H](Cc1cccc(I)c1)C(=O)O. The molecule has 162 valence electrons. The van der Waals surface area contributed by atoms with Gasteiger partial charge in [-0.15, -0.1) is 0 Å². The molecule has 1 fully saturated rings. The molecule has 1 aliphatic rings. The second-order valence-corrected chi connectivity index (χ2v) is 8.55. The Morgan fingerprint density at radius 1 is 0.968 bits per heavy atom. The molecule has 0 aliphatic carbocycles. The van der Waals surface area contributed by atoms with Crippen LogP contribution in [0.5, 0.6) is 0 Å². The van der Waals surface area contributed by atoms with Gasteiger partial charge in [0.15, 0.2) is 0 Å². The van der Waals surface area contributed by atoms with Crippen LogP contribution in [0.2, 0.25) is 0 Å². The standard InChI is InChI=1S/C22H22IN3O5/c23-15-8-4-7-14(9-15)11-18(22(30)31)24-19(27)12-17-21(29)25-16(20(28)26-17)10-13-5-2-1-3-6-13/h1-9,16-18H,10-12H2,(H,24,27)(H,25,29)(H,26,28)(H,30,31)/t16-,17-,18-/m0/s1. The third-order valence-electron chi connectivity index (χ3n) is 4.90. The number of rotatable bonds is 8. The van der Waals surface area contributed by atoms with Crippen LogP contribution < -0.4 is 16.0 Å². The molecule has 2 aromatic carbocycles. The average Bonchev–Trinajstić information content (AvgIpc) is 2.72. The van der Waals surface area contributed by atoms with Crippen molar-refractivity contribution in [1.29, 1.82) is 0 Å². The largest absolute Gasteiger partial charge is 0.480 e. The lowest BCUT2D eigenvalue weighted by Gasteiger charge is -2.29. The monoisotopic (exact) mass is 535 g/mol. The molecule has 0 spiro atoms. The van der Waals surface area contributed by atoms with Crippen LogP contribution in [-0.2, 0) is 32.0 Å².